The Balaban J connectivity index is 1.50. The monoisotopic (exact) mass is 380 g/mol. The fraction of sp³-hybridized carbons (Fsp3) is 0.318. The summed E-state index contributed by atoms with van der Waals surface area (Å²) in [4.78, 5) is 38.3. The third-order valence-corrected chi connectivity index (χ3v) is 4.79. The largest absolute Gasteiger partial charge is 0.455 e. The zero-order valence-electron chi connectivity index (χ0n) is 16.1. The third-order valence-electron chi connectivity index (χ3n) is 4.79. The van der Waals surface area contributed by atoms with E-state index in [1.807, 2.05) is 68.4 Å². The molecular weight excluding hydrogens is 356 g/mol. The summed E-state index contributed by atoms with van der Waals surface area (Å²) < 4.78 is 5.15. The number of hydrogen-bond acceptors (Lipinski definition) is 4. The molecule has 6 heteroatoms. The quantitative estimate of drug-likeness (QED) is 0.782. The topological polar surface area (TPSA) is 75.7 Å². The number of hydrogen-bond donors (Lipinski definition) is 1. The summed E-state index contributed by atoms with van der Waals surface area (Å²) in [5.41, 5.74) is 2.78. The van der Waals surface area contributed by atoms with Crippen molar-refractivity contribution in [1.82, 2.24) is 5.32 Å². The van der Waals surface area contributed by atoms with E-state index in [2.05, 4.69) is 5.32 Å². The van der Waals surface area contributed by atoms with Crippen LogP contribution < -0.4 is 10.2 Å². The summed E-state index contributed by atoms with van der Waals surface area (Å²) in [6.07, 6.45) is 0.0921. The van der Waals surface area contributed by atoms with Crippen LogP contribution in [0.5, 0.6) is 0 Å². The van der Waals surface area contributed by atoms with Crippen LogP contribution in [-0.4, -0.2) is 30.9 Å². The first-order valence-corrected chi connectivity index (χ1v) is 9.32. The van der Waals surface area contributed by atoms with E-state index < -0.39 is 11.9 Å². The van der Waals surface area contributed by atoms with Gasteiger partial charge in [0.1, 0.15) is 0 Å². The van der Waals surface area contributed by atoms with Crippen LogP contribution in [0.1, 0.15) is 30.5 Å². The normalized spacial score (nSPS) is 17.3. The minimum Gasteiger partial charge on any atom is -0.455 e. The first-order chi connectivity index (χ1) is 13.4. The number of amides is 2. The first kappa shape index (κ1) is 19.6. The van der Waals surface area contributed by atoms with Crippen LogP contribution in [0.4, 0.5) is 5.69 Å². The summed E-state index contributed by atoms with van der Waals surface area (Å²) in [5.74, 6) is -1.57. The molecule has 3 rings (SSSR count). The van der Waals surface area contributed by atoms with Crippen molar-refractivity contribution in [1.29, 1.82) is 0 Å². The highest BCUT2D eigenvalue weighted by atomic mass is 16.5. The fourth-order valence-corrected chi connectivity index (χ4v) is 3.27. The number of nitrogens with one attached hydrogen (secondary N) is 1. The molecule has 0 aromatic heterocycles. The van der Waals surface area contributed by atoms with Crippen molar-refractivity contribution in [3.63, 3.8) is 0 Å². The van der Waals surface area contributed by atoms with E-state index >= 15 is 0 Å². The molecule has 2 amide bonds. The average Bonchev–Trinajstić information content (AvgIpc) is 3.08. The Morgan fingerprint density at radius 1 is 1.18 bits per heavy atom. The molecule has 1 fully saturated rings. The van der Waals surface area contributed by atoms with Crippen molar-refractivity contribution in [3.8, 4) is 0 Å². The maximum Gasteiger partial charge on any atom is 0.311 e. The number of carbonyl (C=O) groups is 3. The van der Waals surface area contributed by atoms with Gasteiger partial charge in [-0.1, -0.05) is 42.5 Å². The molecule has 1 N–H and O–H groups in total. The number of aryl methyl sites for hydroxylation is 1. The van der Waals surface area contributed by atoms with E-state index in [9.17, 15) is 14.4 Å². The van der Waals surface area contributed by atoms with Gasteiger partial charge in [-0.15, -0.1) is 0 Å². The van der Waals surface area contributed by atoms with Crippen LogP contribution in [0.3, 0.4) is 0 Å². The molecule has 1 aliphatic heterocycles. The van der Waals surface area contributed by atoms with Gasteiger partial charge in [-0.3, -0.25) is 14.4 Å². The Labute approximate surface area is 164 Å². The van der Waals surface area contributed by atoms with Gasteiger partial charge in [-0.2, -0.15) is 0 Å². The van der Waals surface area contributed by atoms with Gasteiger partial charge in [0.15, 0.2) is 6.61 Å². The van der Waals surface area contributed by atoms with E-state index in [-0.39, 0.29) is 37.4 Å². The summed E-state index contributed by atoms with van der Waals surface area (Å²) in [5, 5.41) is 2.80. The molecule has 0 spiro atoms. The molecule has 146 valence electrons. The van der Waals surface area contributed by atoms with Gasteiger partial charge in [-0.25, -0.2) is 0 Å². The van der Waals surface area contributed by atoms with Gasteiger partial charge < -0.3 is 15.0 Å². The molecule has 2 aromatic rings. The molecular formula is C22H24N2O4. The predicted molar refractivity (Wildman–Crippen MR) is 106 cm³/mol. The number of benzene rings is 2. The molecule has 2 aromatic carbocycles. The highest BCUT2D eigenvalue weighted by molar-refractivity contribution is 5.99. The molecule has 1 saturated heterocycles. The van der Waals surface area contributed by atoms with Crippen molar-refractivity contribution >= 4 is 23.5 Å². The van der Waals surface area contributed by atoms with E-state index in [1.54, 1.807) is 4.90 Å². The Hall–Kier alpha value is -3.15. The molecule has 6 nitrogen and oxygen atoms in total. The first-order valence-electron chi connectivity index (χ1n) is 9.32. The Morgan fingerprint density at radius 3 is 2.64 bits per heavy atom. The van der Waals surface area contributed by atoms with E-state index in [0.717, 1.165) is 16.8 Å². The number of rotatable bonds is 6. The summed E-state index contributed by atoms with van der Waals surface area (Å²) in [6.45, 7) is 3.73. The van der Waals surface area contributed by atoms with Crippen LogP contribution in [-0.2, 0) is 19.1 Å². The Kier molecular flexibility index (Phi) is 6.09. The number of ether oxygens (including phenoxy) is 1. The number of carbonyl (C=O) groups excluding carboxylic acids is 3. The number of esters is 1. The molecule has 28 heavy (non-hydrogen) atoms. The molecule has 1 heterocycles. The number of nitrogens with zero attached hydrogens (tertiary/aromatic N) is 1. The molecule has 0 saturated carbocycles. The van der Waals surface area contributed by atoms with Crippen molar-refractivity contribution in [3.05, 3.63) is 65.7 Å². The molecule has 0 bridgehead atoms. The maximum atomic E-state index is 12.3. The Morgan fingerprint density at radius 2 is 1.93 bits per heavy atom. The van der Waals surface area contributed by atoms with E-state index in [4.69, 9.17) is 4.74 Å². The summed E-state index contributed by atoms with van der Waals surface area (Å²) in [6, 6.07) is 16.9. The lowest BCUT2D eigenvalue weighted by Gasteiger charge is -2.17. The number of anilines is 1. The average molecular weight is 380 g/mol. The summed E-state index contributed by atoms with van der Waals surface area (Å²) in [7, 11) is 0. The highest BCUT2D eigenvalue weighted by Gasteiger charge is 2.36. The third kappa shape index (κ3) is 4.76. The smallest absolute Gasteiger partial charge is 0.311 e. The van der Waals surface area contributed by atoms with Gasteiger partial charge in [0, 0.05) is 18.7 Å². The van der Waals surface area contributed by atoms with Crippen LogP contribution in [0.2, 0.25) is 0 Å². The lowest BCUT2D eigenvalue weighted by Crippen LogP contribution is -2.32. The fourth-order valence-electron chi connectivity index (χ4n) is 3.27. The molecule has 2 atom stereocenters. The second kappa shape index (κ2) is 8.69. The zero-order chi connectivity index (χ0) is 20.1. The SMILES string of the molecule is Cc1cccc(N2C[C@@H](C(=O)OCC(=O)N[C@@H](C)c3ccccc3)CC2=O)c1. The van der Waals surface area contributed by atoms with Crippen molar-refractivity contribution in [2.75, 3.05) is 18.1 Å². The predicted octanol–water partition coefficient (Wildman–Crippen LogP) is 2.77. The van der Waals surface area contributed by atoms with E-state index in [1.165, 1.54) is 0 Å². The minimum atomic E-state index is -0.563. The van der Waals surface area contributed by atoms with Gasteiger partial charge in [-0.05, 0) is 37.1 Å². The lowest BCUT2D eigenvalue weighted by molar-refractivity contribution is -0.152. The minimum absolute atomic E-state index is 0.0921. The lowest BCUT2D eigenvalue weighted by atomic mass is 10.1. The van der Waals surface area contributed by atoms with Crippen LogP contribution >= 0.6 is 0 Å². The van der Waals surface area contributed by atoms with Crippen molar-refractivity contribution < 1.29 is 19.1 Å². The summed E-state index contributed by atoms with van der Waals surface area (Å²) >= 11 is 0. The molecule has 1 aliphatic rings. The Bertz CT molecular complexity index is 866. The highest BCUT2D eigenvalue weighted by Crippen LogP contribution is 2.26. The van der Waals surface area contributed by atoms with E-state index in [0.29, 0.717) is 0 Å². The van der Waals surface area contributed by atoms with Crippen LogP contribution in [0.25, 0.3) is 0 Å². The van der Waals surface area contributed by atoms with Crippen LogP contribution in [0.15, 0.2) is 54.6 Å². The molecule has 0 radical (unpaired) electrons. The second-order valence-corrected chi connectivity index (χ2v) is 7.05. The van der Waals surface area contributed by atoms with Gasteiger partial charge in [0.2, 0.25) is 5.91 Å². The van der Waals surface area contributed by atoms with Gasteiger partial charge in [0.05, 0.1) is 12.0 Å². The standard InChI is InChI=1S/C22H24N2O4/c1-15-7-6-10-19(11-15)24-13-18(12-21(24)26)22(27)28-14-20(25)23-16(2)17-8-4-3-5-9-17/h3-11,16,18H,12-14H2,1-2H3,(H,23,25)/t16-,18-/m0/s1. The second-order valence-electron chi connectivity index (χ2n) is 7.05. The molecule has 0 unspecified atom stereocenters. The van der Waals surface area contributed by atoms with Crippen LogP contribution in [0, 0.1) is 12.8 Å². The zero-order valence-corrected chi connectivity index (χ0v) is 16.1. The molecule has 0 aliphatic carbocycles. The van der Waals surface area contributed by atoms with Gasteiger partial charge in [0.25, 0.3) is 5.91 Å². The van der Waals surface area contributed by atoms with Crippen molar-refractivity contribution in [2.24, 2.45) is 5.92 Å². The van der Waals surface area contributed by atoms with Gasteiger partial charge >= 0.3 is 5.97 Å². The van der Waals surface area contributed by atoms with Crippen molar-refractivity contribution in [2.45, 2.75) is 26.3 Å². The maximum absolute atomic E-state index is 12.3.